The molecule has 0 saturated heterocycles. The number of carboxylic acid groups (broad SMARTS) is 1. The number of benzene rings is 1. The summed E-state index contributed by atoms with van der Waals surface area (Å²) in [5.41, 5.74) is 0.552. The summed E-state index contributed by atoms with van der Waals surface area (Å²) in [6, 6.07) is 6.00. The van der Waals surface area contributed by atoms with Crippen LogP contribution in [0.25, 0.3) is 0 Å². The van der Waals surface area contributed by atoms with Crippen LogP contribution < -0.4 is 16.0 Å². The molecule has 0 saturated carbocycles. The Hall–Kier alpha value is -3.82. The summed E-state index contributed by atoms with van der Waals surface area (Å²) in [7, 11) is 0. The van der Waals surface area contributed by atoms with Crippen molar-refractivity contribution in [3.8, 4) is 5.75 Å². The number of nitrogens with one attached hydrogen (secondary N) is 3. The summed E-state index contributed by atoms with van der Waals surface area (Å²) in [6.45, 7) is 9.60. The van der Waals surface area contributed by atoms with Gasteiger partial charge in [-0.05, 0) is 54.0 Å². The van der Waals surface area contributed by atoms with Crippen molar-refractivity contribution in [3.05, 3.63) is 54.0 Å². The fraction of sp³-hybridized carbons (Fsp3) is 0.500. The van der Waals surface area contributed by atoms with Gasteiger partial charge in [-0.3, -0.25) is 14.4 Å². The highest BCUT2D eigenvalue weighted by Crippen LogP contribution is 2.22. The Morgan fingerprint density at radius 2 is 1.61 bits per heavy atom. The minimum atomic E-state index is -1.15. The molecule has 0 radical (unpaired) electrons. The van der Waals surface area contributed by atoms with Gasteiger partial charge in [0.25, 0.3) is 5.91 Å². The molecule has 208 valence electrons. The fourth-order valence-electron chi connectivity index (χ4n) is 3.77. The minimum absolute atomic E-state index is 0.0212. The molecule has 1 aromatic carbocycles. The molecule has 38 heavy (non-hydrogen) atoms. The smallest absolute Gasteiger partial charge is 0.326 e. The van der Waals surface area contributed by atoms with E-state index in [0.29, 0.717) is 18.4 Å². The number of carbonyl (C=O) groups excluding carboxylic acids is 3. The summed E-state index contributed by atoms with van der Waals surface area (Å²) in [4.78, 5) is 51.2. The van der Waals surface area contributed by atoms with Gasteiger partial charge >= 0.3 is 5.97 Å². The van der Waals surface area contributed by atoms with Crippen LogP contribution in [0, 0.1) is 11.3 Å². The molecule has 5 N–H and O–H groups in total. The average Bonchev–Trinajstić information content (AvgIpc) is 3.39. The van der Waals surface area contributed by atoms with E-state index in [-0.39, 0.29) is 35.7 Å². The summed E-state index contributed by atoms with van der Waals surface area (Å²) >= 11 is 0. The second-order valence-corrected chi connectivity index (χ2v) is 10.7. The van der Waals surface area contributed by atoms with Crippen molar-refractivity contribution in [1.82, 2.24) is 16.0 Å². The van der Waals surface area contributed by atoms with Crippen LogP contribution in [0.4, 0.5) is 0 Å². The maximum Gasteiger partial charge on any atom is 0.326 e. The molecule has 0 aliphatic heterocycles. The number of carbonyl (C=O) groups is 4. The fourth-order valence-corrected chi connectivity index (χ4v) is 3.77. The van der Waals surface area contributed by atoms with Crippen LogP contribution in [-0.2, 0) is 20.8 Å². The van der Waals surface area contributed by atoms with Gasteiger partial charge in [-0.25, -0.2) is 4.79 Å². The second kappa shape index (κ2) is 13.6. The monoisotopic (exact) mass is 529 g/mol. The molecule has 0 aliphatic carbocycles. The molecule has 10 nitrogen and oxygen atoms in total. The highest BCUT2D eigenvalue weighted by Gasteiger charge is 2.33. The molecule has 0 spiro atoms. The average molecular weight is 530 g/mol. The molecule has 1 aromatic heterocycles. The molecule has 0 bridgehead atoms. The largest absolute Gasteiger partial charge is 0.508 e. The lowest BCUT2D eigenvalue weighted by molar-refractivity contribution is -0.143. The molecule has 0 aliphatic rings. The first-order valence-electron chi connectivity index (χ1n) is 12.8. The topological polar surface area (TPSA) is 158 Å². The first kappa shape index (κ1) is 30.4. The van der Waals surface area contributed by atoms with Gasteiger partial charge in [-0.1, -0.05) is 53.2 Å². The number of hydrogen-bond donors (Lipinski definition) is 5. The molecule has 0 fully saturated rings. The standard InChI is InChI=1S/C28H39N3O7/c1-6-17(2)23(26(35)29-20(27(36)37)13-14-28(3,4)5)31-24(33)21(16-18-9-11-19(32)12-10-18)30-25(34)22-8-7-15-38-22/h7-12,15,17,20-21,23,32H,6,13-14,16H2,1-5H3,(H,29,35)(H,30,34)(H,31,33)(H,36,37)/t17-,20-,21-,23-/m0/s1. The molecule has 10 heteroatoms. The molecule has 2 aromatic rings. The molecular formula is C28H39N3O7. The van der Waals surface area contributed by atoms with Crippen LogP contribution in [-0.4, -0.2) is 52.0 Å². The lowest BCUT2D eigenvalue weighted by atomic mass is 9.88. The number of aromatic hydroxyl groups is 1. The van der Waals surface area contributed by atoms with Crippen molar-refractivity contribution in [2.24, 2.45) is 11.3 Å². The Morgan fingerprint density at radius 3 is 2.13 bits per heavy atom. The first-order valence-corrected chi connectivity index (χ1v) is 12.8. The number of amides is 3. The Kier molecular flexibility index (Phi) is 10.9. The van der Waals surface area contributed by atoms with E-state index in [4.69, 9.17) is 4.42 Å². The number of phenolic OH excluding ortho intramolecular Hbond substituents is 1. The van der Waals surface area contributed by atoms with Gasteiger partial charge < -0.3 is 30.6 Å². The van der Waals surface area contributed by atoms with Gasteiger partial charge in [0.15, 0.2) is 5.76 Å². The zero-order valence-electron chi connectivity index (χ0n) is 22.6. The van der Waals surface area contributed by atoms with Gasteiger partial charge in [-0.15, -0.1) is 0 Å². The van der Waals surface area contributed by atoms with Crippen LogP contribution in [0.1, 0.15) is 70.0 Å². The quantitative estimate of drug-likeness (QED) is 0.266. The Bertz CT molecular complexity index is 1070. The molecule has 0 unspecified atom stereocenters. The normalized spacial score (nSPS) is 14.6. The third-order valence-corrected chi connectivity index (χ3v) is 6.33. The minimum Gasteiger partial charge on any atom is -0.508 e. The number of aliphatic carboxylic acids is 1. The van der Waals surface area contributed by atoms with Crippen molar-refractivity contribution in [2.45, 2.75) is 78.4 Å². The van der Waals surface area contributed by atoms with Crippen molar-refractivity contribution < 1.29 is 33.8 Å². The van der Waals surface area contributed by atoms with Crippen LogP contribution in [0.5, 0.6) is 5.75 Å². The summed E-state index contributed by atoms with van der Waals surface area (Å²) in [6.07, 6.45) is 2.79. The first-order chi connectivity index (χ1) is 17.8. The third-order valence-electron chi connectivity index (χ3n) is 6.33. The van der Waals surface area contributed by atoms with E-state index in [9.17, 15) is 29.4 Å². The summed E-state index contributed by atoms with van der Waals surface area (Å²) in [5.74, 6) is -3.20. The van der Waals surface area contributed by atoms with Crippen molar-refractivity contribution in [3.63, 3.8) is 0 Å². The molecule has 3 amide bonds. The zero-order chi connectivity index (χ0) is 28.5. The third kappa shape index (κ3) is 9.57. The van der Waals surface area contributed by atoms with Crippen molar-refractivity contribution >= 4 is 23.7 Å². The van der Waals surface area contributed by atoms with Gasteiger partial charge in [-0.2, -0.15) is 0 Å². The van der Waals surface area contributed by atoms with Crippen LogP contribution in [0.15, 0.2) is 47.1 Å². The van der Waals surface area contributed by atoms with E-state index in [0.717, 1.165) is 0 Å². The maximum absolute atomic E-state index is 13.4. The van der Waals surface area contributed by atoms with Crippen LogP contribution >= 0.6 is 0 Å². The summed E-state index contributed by atoms with van der Waals surface area (Å²) in [5, 5.41) is 27.2. The Balaban J connectivity index is 2.23. The van der Waals surface area contributed by atoms with Crippen molar-refractivity contribution in [2.75, 3.05) is 0 Å². The number of carboxylic acids is 1. The second-order valence-electron chi connectivity index (χ2n) is 10.7. The highest BCUT2D eigenvalue weighted by atomic mass is 16.4. The highest BCUT2D eigenvalue weighted by molar-refractivity contribution is 5.97. The predicted octanol–water partition coefficient (Wildman–Crippen LogP) is 3.25. The number of rotatable bonds is 13. The van der Waals surface area contributed by atoms with E-state index >= 15 is 0 Å². The molecule has 1 heterocycles. The Labute approximate surface area is 223 Å². The number of phenols is 1. The van der Waals surface area contributed by atoms with Gasteiger partial charge in [0.2, 0.25) is 11.8 Å². The van der Waals surface area contributed by atoms with E-state index in [2.05, 4.69) is 16.0 Å². The number of hydrogen-bond acceptors (Lipinski definition) is 6. The maximum atomic E-state index is 13.4. The Morgan fingerprint density at radius 1 is 0.947 bits per heavy atom. The SMILES string of the molecule is CC[C@H](C)[C@H](NC(=O)[C@H](Cc1ccc(O)cc1)NC(=O)c1ccco1)C(=O)N[C@@H](CCC(C)(C)C)C(=O)O. The van der Waals surface area contributed by atoms with Crippen LogP contribution in [0.2, 0.25) is 0 Å². The predicted molar refractivity (Wildman–Crippen MR) is 141 cm³/mol. The van der Waals surface area contributed by atoms with E-state index in [1.54, 1.807) is 25.1 Å². The van der Waals surface area contributed by atoms with E-state index < -0.39 is 41.8 Å². The molecule has 2 rings (SSSR count). The van der Waals surface area contributed by atoms with Crippen LogP contribution in [0.3, 0.4) is 0 Å². The molecule has 4 atom stereocenters. The summed E-state index contributed by atoms with van der Waals surface area (Å²) < 4.78 is 5.13. The lowest BCUT2D eigenvalue weighted by Crippen LogP contribution is -2.58. The zero-order valence-corrected chi connectivity index (χ0v) is 22.6. The van der Waals surface area contributed by atoms with E-state index in [1.165, 1.54) is 24.5 Å². The van der Waals surface area contributed by atoms with Gasteiger partial charge in [0.05, 0.1) is 6.26 Å². The number of furan rings is 1. The van der Waals surface area contributed by atoms with Gasteiger partial charge in [0, 0.05) is 6.42 Å². The molecular weight excluding hydrogens is 490 g/mol. The lowest BCUT2D eigenvalue weighted by Gasteiger charge is -2.28. The van der Waals surface area contributed by atoms with Crippen molar-refractivity contribution in [1.29, 1.82) is 0 Å². The van der Waals surface area contributed by atoms with E-state index in [1.807, 2.05) is 27.7 Å². The van der Waals surface area contributed by atoms with Gasteiger partial charge in [0.1, 0.15) is 23.9 Å².